The Labute approximate surface area is 142 Å². The quantitative estimate of drug-likeness (QED) is 0.857. The molecule has 0 bridgehead atoms. The zero-order valence-corrected chi connectivity index (χ0v) is 14.3. The Morgan fingerprint density at radius 2 is 1.92 bits per heavy atom. The fraction of sp³-hybridized carbons (Fsp3) is 0.316. The van der Waals surface area contributed by atoms with Crippen molar-refractivity contribution < 1.29 is 14.6 Å². The van der Waals surface area contributed by atoms with Gasteiger partial charge >= 0.3 is 6.03 Å². The number of hydrogen-bond acceptors (Lipinski definition) is 3. The highest BCUT2D eigenvalue weighted by Crippen LogP contribution is 2.24. The van der Waals surface area contributed by atoms with Crippen LogP contribution in [0.4, 0.5) is 4.79 Å². The van der Waals surface area contributed by atoms with Crippen molar-refractivity contribution in [2.24, 2.45) is 0 Å². The van der Waals surface area contributed by atoms with Crippen LogP contribution in [0, 0.1) is 0 Å². The molecule has 2 aromatic carbocycles. The highest BCUT2D eigenvalue weighted by molar-refractivity contribution is 5.74. The number of methoxy groups -OCH3 is 1. The molecule has 24 heavy (non-hydrogen) atoms. The van der Waals surface area contributed by atoms with Crippen LogP contribution in [-0.4, -0.2) is 42.8 Å². The van der Waals surface area contributed by atoms with Gasteiger partial charge in [0.05, 0.1) is 13.2 Å². The number of aliphatic hydroxyl groups excluding tert-OH is 1. The molecule has 0 aliphatic rings. The number of aliphatic hydroxyl groups is 1. The van der Waals surface area contributed by atoms with Gasteiger partial charge in [-0.1, -0.05) is 36.4 Å². The minimum absolute atomic E-state index is 0.201. The van der Waals surface area contributed by atoms with Gasteiger partial charge in [0.2, 0.25) is 0 Å². The molecule has 0 spiro atoms. The summed E-state index contributed by atoms with van der Waals surface area (Å²) in [6.07, 6.45) is -0.539. The van der Waals surface area contributed by atoms with Crippen LogP contribution in [0.25, 0.3) is 11.1 Å². The number of ether oxygens (including phenoxy) is 1. The molecule has 0 aromatic heterocycles. The van der Waals surface area contributed by atoms with Crippen molar-refractivity contribution in [3.8, 4) is 16.9 Å². The SMILES string of the molecule is COc1cccc(-c2ccc(CNC(=O)N(C)CC(C)O)cc2)c1. The summed E-state index contributed by atoms with van der Waals surface area (Å²) >= 11 is 0. The van der Waals surface area contributed by atoms with Crippen LogP contribution in [0.3, 0.4) is 0 Å². The molecule has 0 aliphatic carbocycles. The summed E-state index contributed by atoms with van der Waals surface area (Å²) in [5.41, 5.74) is 3.19. The van der Waals surface area contributed by atoms with Crippen molar-refractivity contribution in [1.82, 2.24) is 10.2 Å². The second-order valence-corrected chi connectivity index (χ2v) is 5.82. The third kappa shape index (κ3) is 4.99. The Hall–Kier alpha value is -2.53. The van der Waals surface area contributed by atoms with E-state index in [1.165, 1.54) is 4.90 Å². The number of likely N-dealkylation sites (N-methyl/N-ethyl adjacent to an activating group) is 1. The summed E-state index contributed by atoms with van der Waals surface area (Å²) in [4.78, 5) is 13.4. The van der Waals surface area contributed by atoms with E-state index in [4.69, 9.17) is 4.74 Å². The number of rotatable bonds is 6. The van der Waals surface area contributed by atoms with Crippen LogP contribution in [0.5, 0.6) is 5.75 Å². The summed E-state index contributed by atoms with van der Waals surface area (Å²) in [7, 11) is 3.31. The third-order valence-corrected chi connectivity index (χ3v) is 3.69. The average Bonchev–Trinajstić information content (AvgIpc) is 2.59. The summed E-state index contributed by atoms with van der Waals surface area (Å²) in [5, 5.41) is 12.1. The first-order valence-corrected chi connectivity index (χ1v) is 7.90. The van der Waals surface area contributed by atoms with Gasteiger partial charge in [-0.25, -0.2) is 4.79 Å². The molecular formula is C19H24N2O3. The third-order valence-electron chi connectivity index (χ3n) is 3.69. The largest absolute Gasteiger partial charge is 0.497 e. The molecule has 5 nitrogen and oxygen atoms in total. The molecule has 0 aliphatic heterocycles. The van der Waals surface area contributed by atoms with Gasteiger partial charge < -0.3 is 20.1 Å². The maximum Gasteiger partial charge on any atom is 0.317 e. The van der Waals surface area contributed by atoms with Crippen molar-refractivity contribution in [2.45, 2.75) is 19.6 Å². The molecule has 2 amide bonds. The van der Waals surface area contributed by atoms with Gasteiger partial charge in [0.1, 0.15) is 5.75 Å². The first kappa shape index (κ1) is 17.8. The molecule has 0 fully saturated rings. The second kappa shape index (κ2) is 8.36. The van der Waals surface area contributed by atoms with E-state index in [9.17, 15) is 9.90 Å². The van der Waals surface area contributed by atoms with E-state index in [1.54, 1.807) is 21.1 Å². The van der Waals surface area contributed by atoms with Crippen molar-refractivity contribution >= 4 is 6.03 Å². The number of benzene rings is 2. The molecule has 5 heteroatoms. The van der Waals surface area contributed by atoms with Gasteiger partial charge in [-0.15, -0.1) is 0 Å². The standard InChI is InChI=1S/C19H24N2O3/c1-14(22)13-21(2)19(23)20-12-15-7-9-16(10-8-15)17-5-4-6-18(11-17)24-3/h4-11,14,22H,12-13H2,1-3H3,(H,20,23). The Morgan fingerprint density at radius 3 is 2.54 bits per heavy atom. The summed E-state index contributed by atoms with van der Waals surface area (Å²) < 4.78 is 5.24. The monoisotopic (exact) mass is 328 g/mol. The lowest BCUT2D eigenvalue weighted by atomic mass is 10.0. The Kier molecular flexibility index (Phi) is 6.21. The van der Waals surface area contributed by atoms with Gasteiger partial charge in [0.25, 0.3) is 0 Å². The molecule has 0 saturated heterocycles. The molecule has 0 radical (unpaired) electrons. The fourth-order valence-electron chi connectivity index (χ4n) is 2.41. The maximum absolute atomic E-state index is 11.9. The molecule has 2 rings (SSSR count). The van der Waals surface area contributed by atoms with Crippen molar-refractivity contribution in [2.75, 3.05) is 20.7 Å². The van der Waals surface area contributed by atoms with Gasteiger partial charge in [0, 0.05) is 20.1 Å². The normalized spacial score (nSPS) is 11.7. The van der Waals surface area contributed by atoms with Crippen molar-refractivity contribution in [3.63, 3.8) is 0 Å². The Bertz CT molecular complexity index is 669. The first-order valence-electron chi connectivity index (χ1n) is 7.90. The van der Waals surface area contributed by atoms with Crippen molar-refractivity contribution in [1.29, 1.82) is 0 Å². The summed E-state index contributed by atoms with van der Waals surface area (Å²) in [6.45, 7) is 2.41. The Balaban J connectivity index is 1.96. The highest BCUT2D eigenvalue weighted by atomic mass is 16.5. The highest BCUT2D eigenvalue weighted by Gasteiger charge is 2.10. The van der Waals surface area contributed by atoms with Crippen LogP contribution >= 0.6 is 0 Å². The number of nitrogens with one attached hydrogen (secondary N) is 1. The van der Waals surface area contributed by atoms with E-state index in [-0.39, 0.29) is 6.03 Å². The molecule has 2 aromatic rings. The topological polar surface area (TPSA) is 61.8 Å². The van der Waals surface area contributed by atoms with Gasteiger partial charge in [-0.3, -0.25) is 0 Å². The molecular weight excluding hydrogens is 304 g/mol. The van der Waals surface area contributed by atoms with E-state index < -0.39 is 6.10 Å². The lowest BCUT2D eigenvalue weighted by Gasteiger charge is -2.19. The molecule has 1 unspecified atom stereocenters. The lowest BCUT2D eigenvalue weighted by molar-refractivity contribution is 0.143. The summed E-state index contributed by atoms with van der Waals surface area (Å²) in [5.74, 6) is 0.824. The van der Waals surface area contributed by atoms with Gasteiger partial charge in [0.15, 0.2) is 0 Å². The van der Waals surface area contributed by atoms with Crippen LogP contribution < -0.4 is 10.1 Å². The lowest BCUT2D eigenvalue weighted by Crippen LogP contribution is -2.40. The minimum Gasteiger partial charge on any atom is -0.497 e. The Morgan fingerprint density at radius 1 is 1.21 bits per heavy atom. The fourth-order valence-corrected chi connectivity index (χ4v) is 2.41. The number of nitrogens with zero attached hydrogens (tertiary/aromatic N) is 1. The molecule has 0 saturated carbocycles. The van der Waals surface area contributed by atoms with E-state index in [1.807, 2.05) is 48.5 Å². The van der Waals surface area contributed by atoms with Crippen LogP contribution in [0.15, 0.2) is 48.5 Å². The summed E-state index contributed by atoms with van der Waals surface area (Å²) in [6, 6.07) is 15.7. The zero-order valence-electron chi connectivity index (χ0n) is 14.3. The molecule has 128 valence electrons. The van der Waals surface area contributed by atoms with Crippen molar-refractivity contribution in [3.05, 3.63) is 54.1 Å². The zero-order chi connectivity index (χ0) is 17.5. The predicted octanol–water partition coefficient (Wildman–Crippen LogP) is 2.88. The van der Waals surface area contributed by atoms with Gasteiger partial charge in [-0.05, 0) is 35.7 Å². The van der Waals surface area contributed by atoms with E-state index in [0.717, 1.165) is 22.4 Å². The number of hydrogen-bond donors (Lipinski definition) is 2. The minimum atomic E-state index is -0.539. The van der Waals surface area contributed by atoms with Crippen LogP contribution in [0.1, 0.15) is 12.5 Å². The van der Waals surface area contributed by atoms with E-state index in [0.29, 0.717) is 13.1 Å². The molecule has 0 heterocycles. The first-order chi connectivity index (χ1) is 11.5. The predicted molar refractivity (Wildman–Crippen MR) is 95.0 cm³/mol. The smallest absolute Gasteiger partial charge is 0.317 e. The van der Waals surface area contributed by atoms with E-state index in [2.05, 4.69) is 5.32 Å². The molecule has 2 N–H and O–H groups in total. The van der Waals surface area contributed by atoms with Crippen LogP contribution in [-0.2, 0) is 6.54 Å². The van der Waals surface area contributed by atoms with Crippen LogP contribution in [0.2, 0.25) is 0 Å². The maximum atomic E-state index is 11.9. The van der Waals surface area contributed by atoms with Gasteiger partial charge in [-0.2, -0.15) is 0 Å². The molecule has 1 atom stereocenters. The second-order valence-electron chi connectivity index (χ2n) is 5.82. The average molecular weight is 328 g/mol. The number of carbonyl (C=O) groups excluding carboxylic acids is 1. The number of amides is 2. The number of carbonyl (C=O) groups is 1. The number of urea groups is 1. The van der Waals surface area contributed by atoms with E-state index >= 15 is 0 Å².